The van der Waals surface area contributed by atoms with E-state index >= 15 is 0 Å². The Bertz CT molecular complexity index is 404. The lowest BCUT2D eigenvalue weighted by atomic mass is 10.0. The highest BCUT2D eigenvalue weighted by molar-refractivity contribution is 9.10. The van der Waals surface area contributed by atoms with Crippen LogP contribution in [0.15, 0.2) is 28.8 Å². The lowest BCUT2D eigenvalue weighted by Gasteiger charge is -2.15. The zero-order valence-corrected chi connectivity index (χ0v) is 11.0. The molecule has 88 valence electrons. The van der Waals surface area contributed by atoms with E-state index in [1.54, 1.807) is 12.1 Å². The summed E-state index contributed by atoms with van der Waals surface area (Å²) in [5.41, 5.74) is 7.95. The number of phenolic OH excluding ortho intramolecular Hbond substituents is 1. The molecule has 0 unspecified atom stereocenters. The Morgan fingerprint density at radius 3 is 2.75 bits per heavy atom. The van der Waals surface area contributed by atoms with E-state index in [-0.39, 0.29) is 11.8 Å². The summed E-state index contributed by atoms with van der Waals surface area (Å²) in [6.45, 7) is 5.77. The van der Waals surface area contributed by atoms with Gasteiger partial charge < -0.3 is 15.6 Å². The first-order valence-electron chi connectivity index (χ1n) is 4.92. The standard InChI is InChI=1S/C12H16BrNO2/c1-7(2)4-10(14)8-5-9(13)12(15)11(6-8)16-3/h5-6,10,15H,1,4,14H2,2-3H3/t10-/m0/s1. The lowest BCUT2D eigenvalue weighted by molar-refractivity contribution is 0.371. The molecule has 0 amide bonds. The summed E-state index contributed by atoms with van der Waals surface area (Å²) in [6.07, 6.45) is 0.709. The van der Waals surface area contributed by atoms with E-state index in [0.717, 1.165) is 11.1 Å². The Labute approximate surface area is 104 Å². The fraction of sp³-hybridized carbons (Fsp3) is 0.333. The number of rotatable bonds is 4. The van der Waals surface area contributed by atoms with Crippen molar-refractivity contribution in [3.63, 3.8) is 0 Å². The Kier molecular flexibility index (Phi) is 4.38. The first-order chi connectivity index (χ1) is 7.45. The molecule has 1 aromatic carbocycles. The van der Waals surface area contributed by atoms with Gasteiger partial charge in [0.25, 0.3) is 0 Å². The molecule has 3 nitrogen and oxygen atoms in total. The SMILES string of the molecule is C=C(C)C[C@H](N)c1cc(Br)c(O)c(OC)c1. The minimum atomic E-state index is -0.136. The van der Waals surface area contributed by atoms with Crippen LogP contribution in [0.4, 0.5) is 0 Å². The van der Waals surface area contributed by atoms with Gasteiger partial charge in [0.2, 0.25) is 0 Å². The van der Waals surface area contributed by atoms with E-state index < -0.39 is 0 Å². The van der Waals surface area contributed by atoms with Crippen molar-refractivity contribution >= 4 is 15.9 Å². The summed E-state index contributed by atoms with van der Waals surface area (Å²) in [5, 5.41) is 9.66. The van der Waals surface area contributed by atoms with Gasteiger partial charge in [-0.1, -0.05) is 5.57 Å². The molecule has 0 radical (unpaired) electrons. The fourth-order valence-electron chi connectivity index (χ4n) is 1.46. The van der Waals surface area contributed by atoms with Crippen LogP contribution < -0.4 is 10.5 Å². The fourth-order valence-corrected chi connectivity index (χ4v) is 1.92. The number of methoxy groups -OCH3 is 1. The van der Waals surface area contributed by atoms with E-state index in [9.17, 15) is 5.11 Å². The average molecular weight is 286 g/mol. The number of phenols is 1. The van der Waals surface area contributed by atoms with Gasteiger partial charge in [-0.05, 0) is 47.0 Å². The van der Waals surface area contributed by atoms with Gasteiger partial charge in [0.15, 0.2) is 11.5 Å². The second kappa shape index (κ2) is 5.37. The summed E-state index contributed by atoms with van der Waals surface area (Å²) in [7, 11) is 1.51. The molecule has 0 saturated heterocycles. The number of ether oxygens (including phenoxy) is 1. The maximum atomic E-state index is 9.66. The Balaban J connectivity index is 3.05. The van der Waals surface area contributed by atoms with Crippen LogP contribution in [-0.4, -0.2) is 12.2 Å². The molecule has 0 spiro atoms. The monoisotopic (exact) mass is 285 g/mol. The van der Waals surface area contributed by atoms with Gasteiger partial charge in [-0.2, -0.15) is 0 Å². The minimum Gasteiger partial charge on any atom is -0.503 e. The van der Waals surface area contributed by atoms with Crippen molar-refractivity contribution in [2.45, 2.75) is 19.4 Å². The molecular formula is C12H16BrNO2. The van der Waals surface area contributed by atoms with Crippen molar-refractivity contribution in [3.8, 4) is 11.5 Å². The molecule has 0 aromatic heterocycles. The van der Waals surface area contributed by atoms with Crippen molar-refractivity contribution in [1.29, 1.82) is 0 Å². The average Bonchev–Trinajstić information content (AvgIpc) is 2.20. The van der Waals surface area contributed by atoms with Crippen LogP contribution in [0.1, 0.15) is 24.9 Å². The summed E-state index contributed by atoms with van der Waals surface area (Å²) in [5.74, 6) is 0.510. The third kappa shape index (κ3) is 3.00. The van der Waals surface area contributed by atoms with Crippen molar-refractivity contribution in [1.82, 2.24) is 0 Å². The number of halogens is 1. The number of hydrogen-bond acceptors (Lipinski definition) is 3. The molecular weight excluding hydrogens is 270 g/mol. The number of aromatic hydroxyl groups is 1. The van der Waals surface area contributed by atoms with E-state index in [1.165, 1.54) is 7.11 Å². The zero-order chi connectivity index (χ0) is 12.3. The third-order valence-electron chi connectivity index (χ3n) is 2.27. The normalized spacial score (nSPS) is 12.2. The van der Waals surface area contributed by atoms with Crippen LogP contribution in [0.25, 0.3) is 0 Å². The van der Waals surface area contributed by atoms with Crippen LogP contribution in [0.3, 0.4) is 0 Å². The topological polar surface area (TPSA) is 55.5 Å². The summed E-state index contributed by atoms with van der Waals surface area (Å²) >= 11 is 3.26. The molecule has 0 heterocycles. The molecule has 0 fully saturated rings. The highest BCUT2D eigenvalue weighted by Gasteiger charge is 2.13. The summed E-state index contributed by atoms with van der Waals surface area (Å²) in [4.78, 5) is 0. The molecule has 16 heavy (non-hydrogen) atoms. The van der Waals surface area contributed by atoms with Gasteiger partial charge in [0.05, 0.1) is 11.6 Å². The number of nitrogens with two attached hydrogens (primary N) is 1. The van der Waals surface area contributed by atoms with Crippen LogP contribution in [0.2, 0.25) is 0 Å². The number of benzene rings is 1. The maximum absolute atomic E-state index is 9.66. The smallest absolute Gasteiger partial charge is 0.172 e. The predicted molar refractivity (Wildman–Crippen MR) is 68.7 cm³/mol. The number of hydrogen-bond donors (Lipinski definition) is 2. The van der Waals surface area contributed by atoms with E-state index in [2.05, 4.69) is 22.5 Å². The van der Waals surface area contributed by atoms with Crippen LogP contribution in [-0.2, 0) is 0 Å². The van der Waals surface area contributed by atoms with E-state index in [0.29, 0.717) is 16.6 Å². The summed E-state index contributed by atoms with van der Waals surface area (Å²) < 4.78 is 5.65. The first kappa shape index (κ1) is 13.1. The second-order valence-corrected chi connectivity index (χ2v) is 4.68. The second-order valence-electron chi connectivity index (χ2n) is 3.82. The van der Waals surface area contributed by atoms with Crippen molar-refractivity contribution in [2.75, 3.05) is 7.11 Å². The quantitative estimate of drug-likeness (QED) is 0.836. The van der Waals surface area contributed by atoms with Gasteiger partial charge in [0, 0.05) is 6.04 Å². The first-order valence-corrected chi connectivity index (χ1v) is 5.71. The molecule has 0 saturated carbocycles. The zero-order valence-electron chi connectivity index (χ0n) is 9.46. The Morgan fingerprint density at radius 1 is 1.62 bits per heavy atom. The molecule has 1 atom stereocenters. The summed E-state index contributed by atoms with van der Waals surface area (Å²) in [6, 6.07) is 3.40. The third-order valence-corrected chi connectivity index (χ3v) is 2.87. The molecule has 0 aliphatic rings. The molecule has 3 N–H and O–H groups in total. The van der Waals surface area contributed by atoms with Crippen molar-refractivity contribution in [3.05, 3.63) is 34.3 Å². The largest absolute Gasteiger partial charge is 0.503 e. The lowest BCUT2D eigenvalue weighted by Crippen LogP contribution is -2.10. The van der Waals surface area contributed by atoms with Gasteiger partial charge in [-0.15, -0.1) is 6.58 Å². The minimum absolute atomic E-state index is 0.0915. The molecule has 1 aromatic rings. The maximum Gasteiger partial charge on any atom is 0.172 e. The molecule has 0 aliphatic carbocycles. The van der Waals surface area contributed by atoms with E-state index in [1.807, 2.05) is 6.92 Å². The predicted octanol–water partition coefficient (Wildman–Crippen LogP) is 3.13. The van der Waals surface area contributed by atoms with Crippen molar-refractivity contribution < 1.29 is 9.84 Å². The molecule has 0 aliphatic heterocycles. The van der Waals surface area contributed by atoms with Crippen LogP contribution >= 0.6 is 15.9 Å². The van der Waals surface area contributed by atoms with Gasteiger partial charge >= 0.3 is 0 Å². The van der Waals surface area contributed by atoms with Crippen LogP contribution in [0, 0.1) is 0 Å². The van der Waals surface area contributed by atoms with Gasteiger partial charge in [-0.3, -0.25) is 0 Å². The van der Waals surface area contributed by atoms with Crippen LogP contribution in [0.5, 0.6) is 11.5 Å². The van der Waals surface area contributed by atoms with Gasteiger partial charge in [0.1, 0.15) is 0 Å². The van der Waals surface area contributed by atoms with Gasteiger partial charge in [-0.25, -0.2) is 0 Å². The van der Waals surface area contributed by atoms with E-state index in [4.69, 9.17) is 10.5 Å². The molecule has 4 heteroatoms. The highest BCUT2D eigenvalue weighted by atomic mass is 79.9. The molecule has 0 bridgehead atoms. The Hall–Kier alpha value is -1.00. The Morgan fingerprint density at radius 2 is 2.25 bits per heavy atom. The molecule has 1 rings (SSSR count). The highest BCUT2D eigenvalue weighted by Crippen LogP contribution is 2.37. The van der Waals surface area contributed by atoms with Crippen molar-refractivity contribution in [2.24, 2.45) is 5.73 Å².